The first kappa shape index (κ1) is 25.1. The molecule has 5 nitrogen and oxygen atoms in total. The number of carbonyl (C=O) groups is 1. The van der Waals surface area contributed by atoms with Gasteiger partial charge in [0.15, 0.2) is 11.5 Å². The van der Waals surface area contributed by atoms with E-state index in [-0.39, 0.29) is 5.91 Å². The fourth-order valence-corrected chi connectivity index (χ4v) is 7.05. The first-order chi connectivity index (χ1) is 17.6. The van der Waals surface area contributed by atoms with Gasteiger partial charge in [0.05, 0.1) is 20.8 Å². The van der Waals surface area contributed by atoms with Gasteiger partial charge in [-0.1, -0.05) is 37.5 Å². The van der Waals surface area contributed by atoms with Crippen LogP contribution in [0.25, 0.3) is 10.1 Å². The second-order valence-corrected chi connectivity index (χ2v) is 11.5. The van der Waals surface area contributed by atoms with Crippen LogP contribution in [-0.2, 0) is 6.54 Å². The van der Waals surface area contributed by atoms with Crippen LogP contribution >= 0.6 is 11.3 Å². The smallest absolute Gasteiger partial charge is 0.254 e. The number of likely N-dealkylation sites (tertiary alicyclic amines) is 1. The molecule has 6 heteroatoms. The first-order valence-corrected chi connectivity index (χ1v) is 14.2. The molecule has 1 saturated heterocycles. The Morgan fingerprint density at radius 3 is 2.56 bits per heavy atom. The van der Waals surface area contributed by atoms with Crippen LogP contribution in [0, 0.1) is 5.92 Å². The molecule has 1 aliphatic heterocycles. The molecule has 1 unspecified atom stereocenters. The van der Waals surface area contributed by atoms with Crippen LogP contribution < -0.4 is 9.47 Å². The number of methoxy groups -OCH3 is 2. The van der Waals surface area contributed by atoms with Gasteiger partial charge in [-0.3, -0.25) is 9.69 Å². The number of fused-ring (bicyclic) bond motifs is 1. The van der Waals surface area contributed by atoms with Crippen LogP contribution in [0.3, 0.4) is 0 Å². The third kappa shape index (κ3) is 5.70. The Bertz CT molecular complexity index is 1140. The van der Waals surface area contributed by atoms with Gasteiger partial charge in [-0.05, 0) is 73.9 Å². The maximum atomic E-state index is 13.9. The first-order valence-electron chi connectivity index (χ1n) is 13.4. The summed E-state index contributed by atoms with van der Waals surface area (Å²) in [4.78, 5) is 19.9. The molecule has 0 spiro atoms. The lowest BCUT2D eigenvalue weighted by molar-refractivity contribution is 0.0678. The molecule has 36 heavy (non-hydrogen) atoms. The zero-order valence-corrected chi connectivity index (χ0v) is 22.4. The lowest BCUT2D eigenvalue weighted by atomic mass is 9.89. The molecule has 192 valence electrons. The van der Waals surface area contributed by atoms with Crippen molar-refractivity contribution >= 4 is 27.3 Å². The van der Waals surface area contributed by atoms with E-state index in [1.807, 2.05) is 18.2 Å². The molecule has 1 aliphatic carbocycles. The van der Waals surface area contributed by atoms with E-state index < -0.39 is 0 Å². The van der Waals surface area contributed by atoms with Crippen LogP contribution in [0.2, 0.25) is 0 Å². The van der Waals surface area contributed by atoms with Crippen LogP contribution in [0.5, 0.6) is 11.5 Å². The number of amides is 1. The van der Waals surface area contributed by atoms with E-state index in [1.54, 1.807) is 25.6 Å². The number of hydrogen-bond acceptors (Lipinski definition) is 5. The quantitative estimate of drug-likeness (QED) is 0.328. The Labute approximate surface area is 219 Å². The fourth-order valence-electron chi connectivity index (χ4n) is 5.97. The Morgan fingerprint density at radius 2 is 1.78 bits per heavy atom. The summed E-state index contributed by atoms with van der Waals surface area (Å²) >= 11 is 1.79. The number of carbonyl (C=O) groups excluding carboxylic acids is 1. The Balaban J connectivity index is 1.38. The molecule has 2 aromatic carbocycles. The molecule has 1 amide bonds. The number of ether oxygens (including phenoxy) is 2. The van der Waals surface area contributed by atoms with Crippen molar-refractivity contribution in [3.05, 3.63) is 59.0 Å². The minimum atomic E-state index is 0.0536. The van der Waals surface area contributed by atoms with Gasteiger partial charge in [-0.2, -0.15) is 0 Å². The lowest BCUT2D eigenvalue weighted by Crippen LogP contribution is -2.44. The SMILES string of the molecule is COc1ccc(C(=O)N(Cc2cc3ccccc3s2)CC2CCCN2CC2CCCCC2)cc1OC. The molecule has 5 rings (SSSR count). The molecule has 1 saturated carbocycles. The van der Waals surface area contributed by atoms with Crippen molar-refractivity contribution < 1.29 is 14.3 Å². The summed E-state index contributed by atoms with van der Waals surface area (Å²) in [6.45, 7) is 3.73. The average Bonchev–Trinajstić information content (AvgIpc) is 3.54. The second kappa shape index (κ2) is 11.7. The van der Waals surface area contributed by atoms with Gasteiger partial charge >= 0.3 is 0 Å². The lowest BCUT2D eigenvalue weighted by Gasteiger charge is -2.34. The molecular weight excluding hydrogens is 468 g/mol. The Kier molecular flexibility index (Phi) is 8.12. The largest absolute Gasteiger partial charge is 0.493 e. The molecule has 2 fully saturated rings. The van der Waals surface area contributed by atoms with Crippen molar-refractivity contribution in [3.63, 3.8) is 0 Å². The fraction of sp³-hybridized carbons (Fsp3) is 0.500. The summed E-state index contributed by atoms with van der Waals surface area (Å²) in [7, 11) is 3.23. The molecule has 1 aromatic heterocycles. The molecule has 1 atom stereocenters. The highest BCUT2D eigenvalue weighted by Crippen LogP contribution is 2.32. The molecule has 0 radical (unpaired) electrons. The summed E-state index contributed by atoms with van der Waals surface area (Å²) in [5.74, 6) is 2.10. The van der Waals surface area contributed by atoms with E-state index in [0.29, 0.717) is 29.6 Å². The highest BCUT2D eigenvalue weighted by Gasteiger charge is 2.31. The van der Waals surface area contributed by atoms with Gasteiger partial charge in [0, 0.05) is 34.3 Å². The number of benzene rings is 2. The topological polar surface area (TPSA) is 42.0 Å². The third-order valence-electron chi connectivity index (χ3n) is 7.89. The zero-order valence-electron chi connectivity index (χ0n) is 21.6. The Morgan fingerprint density at radius 1 is 0.972 bits per heavy atom. The van der Waals surface area contributed by atoms with Gasteiger partial charge in [0.25, 0.3) is 5.91 Å². The maximum absolute atomic E-state index is 13.9. The number of nitrogens with zero attached hydrogens (tertiary/aromatic N) is 2. The highest BCUT2D eigenvalue weighted by molar-refractivity contribution is 7.19. The zero-order chi connectivity index (χ0) is 24.9. The minimum absolute atomic E-state index is 0.0536. The highest BCUT2D eigenvalue weighted by atomic mass is 32.1. The standard InChI is InChI=1S/C30H38N2O3S/c1-34-27-15-14-24(18-28(27)35-2)30(33)32(21-26-17-23-11-6-7-13-29(23)36-26)20-25-12-8-16-31(25)19-22-9-4-3-5-10-22/h6-7,11,13-15,17-18,22,25H,3-5,8-10,12,16,19-21H2,1-2H3. The molecular formula is C30H38N2O3S. The van der Waals surface area contributed by atoms with Crippen molar-refractivity contribution in [3.8, 4) is 11.5 Å². The predicted octanol–water partition coefficient (Wildman–Crippen LogP) is 6.61. The summed E-state index contributed by atoms with van der Waals surface area (Å²) in [5, 5.41) is 1.25. The van der Waals surface area contributed by atoms with Gasteiger partial charge in [-0.25, -0.2) is 0 Å². The minimum Gasteiger partial charge on any atom is -0.493 e. The van der Waals surface area contributed by atoms with Crippen molar-refractivity contribution in [1.82, 2.24) is 9.80 Å². The van der Waals surface area contributed by atoms with Gasteiger partial charge in [-0.15, -0.1) is 11.3 Å². The summed E-state index contributed by atoms with van der Waals surface area (Å²) in [6, 6.07) is 16.6. The Hall–Kier alpha value is -2.57. The van der Waals surface area contributed by atoms with Gasteiger partial charge in [0.2, 0.25) is 0 Å². The number of rotatable bonds is 9. The van der Waals surface area contributed by atoms with E-state index in [4.69, 9.17) is 9.47 Å². The number of thiophene rings is 1. The summed E-state index contributed by atoms with van der Waals surface area (Å²) in [5.41, 5.74) is 0.644. The van der Waals surface area contributed by atoms with E-state index in [9.17, 15) is 4.79 Å². The normalized spacial score (nSPS) is 19.0. The summed E-state index contributed by atoms with van der Waals surface area (Å²) in [6.07, 6.45) is 9.24. The summed E-state index contributed by atoms with van der Waals surface area (Å²) < 4.78 is 12.2. The van der Waals surface area contributed by atoms with E-state index in [1.165, 1.54) is 60.0 Å². The predicted molar refractivity (Wildman–Crippen MR) is 147 cm³/mol. The molecule has 2 heterocycles. The average molecular weight is 507 g/mol. The van der Waals surface area contributed by atoms with E-state index >= 15 is 0 Å². The maximum Gasteiger partial charge on any atom is 0.254 e. The van der Waals surface area contributed by atoms with Crippen LogP contribution in [0.1, 0.15) is 60.2 Å². The van der Waals surface area contributed by atoms with E-state index in [2.05, 4.69) is 40.1 Å². The molecule has 0 N–H and O–H groups in total. The third-order valence-corrected chi connectivity index (χ3v) is 8.99. The van der Waals surface area contributed by atoms with Crippen LogP contribution in [0.15, 0.2) is 48.5 Å². The molecule has 0 bridgehead atoms. The monoisotopic (exact) mass is 506 g/mol. The molecule has 3 aromatic rings. The second-order valence-electron chi connectivity index (χ2n) is 10.3. The van der Waals surface area contributed by atoms with Crippen LogP contribution in [-0.4, -0.2) is 55.6 Å². The van der Waals surface area contributed by atoms with Crippen molar-refractivity contribution in [2.24, 2.45) is 5.92 Å². The van der Waals surface area contributed by atoms with Crippen molar-refractivity contribution in [2.75, 3.05) is 33.9 Å². The molecule has 2 aliphatic rings. The number of hydrogen-bond donors (Lipinski definition) is 0. The van der Waals surface area contributed by atoms with Gasteiger partial charge in [0.1, 0.15) is 0 Å². The van der Waals surface area contributed by atoms with Crippen molar-refractivity contribution in [2.45, 2.75) is 57.5 Å². The van der Waals surface area contributed by atoms with E-state index in [0.717, 1.165) is 25.4 Å². The van der Waals surface area contributed by atoms with Crippen LogP contribution in [0.4, 0.5) is 0 Å². The van der Waals surface area contributed by atoms with Crippen molar-refractivity contribution in [1.29, 1.82) is 0 Å². The van der Waals surface area contributed by atoms with Gasteiger partial charge < -0.3 is 14.4 Å².